The molecular weight excluding hydrogens is 341 g/mol. The second-order valence-electron chi connectivity index (χ2n) is 6.15. The van der Waals surface area contributed by atoms with Crippen molar-refractivity contribution in [3.05, 3.63) is 28.3 Å². The van der Waals surface area contributed by atoms with E-state index < -0.39 is 11.9 Å². The zero-order chi connectivity index (χ0) is 17.5. The van der Waals surface area contributed by atoms with Crippen LogP contribution in [-0.2, 0) is 6.18 Å². The fourth-order valence-corrected chi connectivity index (χ4v) is 3.95. The summed E-state index contributed by atoms with van der Waals surface area (Å²) >= 11 is 1.15. The summed E-state index contributed by atoms with van der Waals surface area (Å²) in [5.41, 5.74) is 0.0772. The average Bonchev–Trinajstić information content (AvgIpc) is 3.12. The summed E-state index contributed by atoms with van der Waals surface area (Å²) in [6, 6.07) is 3.26. The number of piperidine rings is 1. The lowest BCUT2D eigenvalue weighted by molar-refractivity contribution is -0.156. The number of aromatic nitrogens is 1. The quantitative estimate of drug-likeness (QED) is 0.788. The number of alkyl halides is 3. The molecule has 0 unspecified atom stereocenters. The molecule has 8 heteroatoms. The Morgan fingerprint density at radius 2 is 2.17 bits per heavy atom. The first kappa shape index (κ1) is 17.0. The van der Waals surface area contributed by atoms with Crippen LogP contribution in [0.5, 0.6) is 0 Å². The molecule has 1 aliphatic rings. The average molecular weight is 358 g/mol. The van der Waals surface area contributed by atoms with Crippen LogP contribution in [0.4, 0.5) is 13.2 Å². The fraction of sp³-hybridized carbons (Fsp3) is 0.500. The van der Waals surface area contributed by atoms with Crippen LogP contribution in [0.25, 0.3) is 10.6 Å². The summed E-state index contributed by atoms with van der Waals surface area (Å²) in [4.78, 5) is 15.4. The van der Waals surface area contributed by atoms with Gasteiger partial charge in [-0.05, 0) is 37.8 Å². The molecule has 0 saturated carbocycles. The van der Waals surface area contributed by atoms with Crippen molar-refractivity contribution in [1.29, 1.82) is 0 Å². The second kappa shape index (κ2) is 6.23. The van der Waals surface area contributed by atoms with Gasteiger partial charge in [-0.15, -0.1) is 11.3 Å². The van der Waals surface area contributed by atoms with E-state index in [1.807, 2.05) is 0 Å². The minimum absolute atomic E-state index is 0.0602. The number of likely N-dealkylation sites (tertiary alicyclic amines) is 1. The van der Waals surface area contributed by atoms with Gasteiger partial charge in [0.25, 0.3) is 5.91 Å². The van der Waals surface area contributed by atoms with E-state index in [-0.39, 0.29) is 17.2 Å². The molecule has 1 atom stereocenters. The summed E-state index contributed by atoms with van der Waals surface area (Å²) in [6.07, 6.45) is -2.49. The van der Waals surface area contributed by atoms with Gasteiger partial charge in [-0.1, -0.05) is 12.1 Å². The molecule has 4 nitrogen and oxygen atoms in total. The molecule has 1 fully saturated rings. The molecule has 1 amide bonds. The molecule has 1 saturated heterocycles. The molecule has 0 bridgehead atoms. The molecule has 24 heavy (non-hydrogen) atoms. The van der Waals surface area contributed by atoms with Crippen molar-refractivity contribution in [1.82, 2.24) is 10.1 Å². The number of nitrogens with zero attached hydrogens (tertiary/aromatic N) is 2. The maximum Gasteiger partial charge on any atom is 0.452 e. The largest absolute Gasteiger partial charge is 0.452 e. The van der Waals surface area contributed by atoms with Crippen molar-refractivity contribution < 1.29 is 22.5 Å². The number of hydrogen-bond acceptors (Lipinski definition) is 4. The molecule has 1 aliphatic heterocycles. The number of carbonyl (C=O) groups excluding carboxylic acids is 1. The van der Waals surface area contributed by atoms with Gasteiger partial charge in [0, 0.05) is 18.7 Å². The first-order valence-electron chi connectivity index (χ1n) is 7.70. The van der Waals surface area contributed by atoms with Crippen LogP contribution < -0.4 is 0 Å². The molecule has 3 rings (SSSR count). The van der Waals surface area contributed by atoms with E-state index >= 15 is 0 Å². The molecule has 0 N–H and O–H groups in total. The van der Waals surface area contributed by atoms with Crippen LogP contribution in [-0.4, -0.2) is 29.1 Å². The lowest BCUT2D eigenvalue weighted by Crippen LogP contribution is -2.38. The molecule has 0 aromatic carbocycles. The lowest BCUT2D eigenvalue weighted by atomic mass is 10.0. The van der Waals surface area contributed by atoms with Gasteiger partial charge in [-0.25, -0.2) is 0 Å². The summed E-state index contributed by atoms with van der Waals surface area (Å²) in [6.45, 7) is 4.86. The van der Waals surface area contributed by atoms with E-state index in [4.69, 9.17) is 0 Å². The van der Waals surface area contributed by atoms with E-state index in [0.29, 0.717) is 22.2 Å². The minimum atomic E-state index is -4.57. The van der Waals surface area contributed by atoms with Crippen molar-refractivity contribution in [3.8, 4) is 10.6 Å². The summed E-state index contributed by atoms with van der Waals surface area (Å²) in [5.74, 6) is -0.701. The maximum atomic E-state index is 12.8. The van der Waals surface area contributed by atoms with Crippen molar-refractivity contribution in [2.24, 2.45) is 5.92 Å². The van der Waals surface area contributed by atoms with E-state index in [9.17, 15) is 18.0 Å². The van der Waals surface area contributed by atoms with Gasteiger partial charge in [0.2, 0.25) is 5.76 Å². The maximum absolute atomic E-state index is 12.8. The van der Waals surface area contributed by atoms with E-state index in [1.54, 1.807) is 17.0 Å². The number of halogens is 3. The number of carbonyl (C=O) groups is 1. The van der Waals surface area contributed by atoms with Crippen molar-refractivity contribution in [2.45, 2.75) is 32.9 Å². The standard InChI is InChI=1S/C16H17F3N2O2S/c1-9-4-3-7-21(8-9)15(22)12-6-5-11(24-12)13-10(2)14(23-20-13)16(17,18)19/h5-6,9H,3-4,7-8H2,1-2H3/t9-/m0/s1. The Kier molecular flexibility index (Phi) is 4.42. The Labute approximate surface area is 141 Å². The minimum Gasteiger partial charge on any atom is -0.351 e. The zero-order valence-electron chi connectivity index (χ0n) is 13.3. The van der Waals surface area contributed by atoms with Gasteiger partial charge >= 0.3 is 6.18 Å². The van der Waals surface area contributed by atoms with Gasteiger partial charge < -0.3 is 9.42 Å². The number of amides is 1. The Morgan fingerprint density at radius 3 is 2.79 bits per heavy atom. The molecule has 130 valence electrons. The molecule has 2 aromatic rings. The third-order valence-electron chi connectivity index (χ3n) is 4.18. The van der Waals surface area contributed by atoms with Crippen LogP contribution in [0, 0.1) is 12.8 Å². The predicted octanol–water partition coefficient (Wildman–Crippen LogP) is 4.60. The predicted molar refractivity (Wildman–Crippen MR) is 83.9 cm³/mol. The van der Waals surface area contributed by atoms with Crippen molar-refractivity contribution in [3.63, 3.8) is 0 Å². The SMILES string of the molecule is Cc1c(-c2ccc(C(=O)N3CCC[C@H](C)C3)s2)noc1C(F)(F)F. The van der Waals surface area contributed by atoms with Gasteiger partial charge in [0.1, 0.15) is 5.69 Å². The van der Waals surface area contributed by atoms with E-state index in [2.05, 4.69) is 16.6 Å². The van der Waals surface area contributed by atoms with Crippen LogP contribution in [0.3, 0.4) is 0 Å². The highest BCUT2D eigenvalue weighted by Gasteiger charge is 2.39. The Morgan fingerprint density at radius 1 is 1.42 bits per heavy atom. The summed E-state index contributed by atoms with van der Waals surface area (Å²) in [5, 5.41) is 3.54. The number of hydrogen-bond donors (Lipinski definition) is 0. The molecule has 3 heterocycles. The normalized spacial score (nSPS) is 18.9. The molecular formula is C16H17F3N2O2S. The summed E-state index contributed by atoms with van der Waals surface area (Å²) < 4.78 is 42.8. The smallest absolute Gasteiger partial charge is 0.351 e. The highest BCUT2D eigenvalue weighted by Crippen LogP contribution is 2.38. The Hall–Kier alpha value is -1.83. The highest BCUT2D eigenvalue weighted by molar-refractivity contribution is 7.17. The molecule has 2 aromatic heterocycles. The van der Waals surface area contributed by atoms with Gasteiger partial charge in [-0.3, -0.25) is 4.79 Å². The van der Waals surface area contributed by atoms with Gasteiger partial charge in [0.15, 0.2) is 0 Å². The third kappa shape index (κ3) is 3.19. The monoisotopic (exact) mass is 358 g/mol. The Balaban J connectivity index is 1.83. The summed E-state index contributed by atoms with van der Waals surface area (Å²) in [7, 11) is 0. The molecule has 0 aliphatic carbocycles. The topological polar surface area (TPSA) is 46.3 Å². The van der Waals surface area contributed by atoms with Gasteiger partial charge in [0.05, 0.1) is 9.75 Å². The van der Waals surface area contributed by atoms with Crippen LogP contribution in [0.2, 0.25) is 0 Å². The van der Waals surface area contributed by atoms with Gasteiger partial charge in [-0.2, -0.15) is 13.2 Å². The van der Waals surface area contributed by atoms with E-state index in [1.165, 1.54) is 6.92 Å². The first-order chi connectivity index (χ1) is 11.3. The lowest BCUT2D eigenvalue weighted by Gasteiger charge is -2.30. The molecule has 0 radical (unpaired) electrons. The van der Waals surface area contributed by atoms with Crippen molar-refractivity contribution in [2.75, 3.05) is 13.1 Å². The first-order valence-corrected chi connectivity index (χ1v) is 8.52. The fourth-order valence-electron chi connectivity index (χ4n) is 2.94. The second-order valence-corrected chi connectivity index (χ2v) is 7.23. The van der Waals surface area contributed by atoms with Crippen molar-refractivity contribution >= 4 is 17.2 Å². The third-order valence-corrected chi connectivity index (χ3v) is 5.26. The number of rotatable bonds is 2. The Bertz CT molecular complexity index is 751. The number of thiophene rings is 1. The van der Waals surface area contributed by atoms with Crippen LogP contribution >= 0.6 is 11.3 Å². The highest BCUT2D eigenvalue weighted by atomic mass is 32.1. The van der Waals surface area contributed by atoms with E-state index in [0.717, 1.165) is 30.7 Å². The molecule has 0 spiro atoms. The van der Waals surface area contributed by atoms with Crippen LogP contribution in [0.15, 0.2) is 16.7 Å². The zero-order valence-corrected chi connectivity index (χ0v) is 14.1. The van der Waals surface area contributed by atoms with Crippen LogP contribution in [0.1, 0.15) is 40.8 Å².